The van der Waals surface area contributed by atoms with Crippen molar-refractivity contribution >= 4 is 27.3 Å². The van der Waals surface area contributed by atoms with E-state index in [2.05, 4.69) is 23.1 Å². The van der Waals surface area contributed by atoms with Crippen molar-refractivity contribution in [2.45, 2.75) is 51.0 Å². The van der Waals surface area contributed by atoms with Gasteiger partial charge in [-0.2, -0.15) is 0 Å². The van der Waals surface area contributed by atoms with Crippen LogP contribution in [-0.4, -0.2) is 23.4 Å². The molecule has 1 aromatic carbocycles. The van der Waals surface area contributed by atoms with Gasteiger partial charge in [-0.25, -0.2) is 0 Å². The maximum absolute atomic E-state index is 13.0. The predicted octanol–water partition coefficient (Wildman–Crippen LogP) is 5.09. The Morgan fingerprint density at radius 2 is 1.86 bits per heavy atom. The first-order valence-corrected chi connectivity index (χ1v) is 9.44. The maximum Gasteiger partial charge on any atom is 0.264 e. The minimum absolute atomic E-state index is 0.272. The molecule has 2 heterocycles. The molecule has 116 valence electrons. The van der Waals surface area contributed by atoms with E-state index in [0.717, 1.165) is 17.3 Å². The van der Waals surface area contributed by atoms with E-state index in [-0.39, 0.29) is 5.91 Å². The molecule has 3 heteroatoms. The zero-order chi connectivity index (χ0) is 14.9. The molecule has 22 heavy (non-hydrogen) atoms. The molecule has 1 saturated carbocycles. The van der Waals surface area contributed by atoms with E-state index < -0.39 is 0 Å². The number of amides is 1. The number of fused-ring (bicyclic) bond motifs is 1. The van der Waals surface area contributed by atoms with Crippen LogP contribution in [0.1, 0.15) is 54.6 Å². The number of carbonyl (C=O) groups is 1. The van der Waals surface area contributed by atoms with Crippen molar-refractivity contribution in [1.29, 1.82) is 0 Å². The number of nitrogens with zero attached hydrogens (tertiary/aromatic N) is 1. The normalized spacial score (nSPS) is 23.3. The molecule has 2 aromatic rings. The fraction of sp³-hybridized carbons (Fsp3) is 0.526. The van der Waals surface area contributed by atoms with Crippen molar-refractivity contribution in [3.63, 3.8) is 0 Å². The molecule has 2 nitrogen and oxygen atoms in total. The number of hydrogen-bond acceptors (Lipinski definition) is 2. The third kappa shape index (κ3) is 2.56. The van der Waals surface area contributed by atoms with Gasteiger partial charge in [-0.3, -0.25) is 4.79 Å². The van der Waals surface area contributed by atoms with Gasteiger partial charge >= 0.3 is 0 Å². The Labute approximate surface area is 136 Å². The Bertz CT molecular complexity index is 638. The lowest BCUT2D eigenvalue weighted by Gasteiger charge is -2.33. The van der Waals surface area contributed by atoms with Crippen molar-refractivity contribution in [3.05, 3.63) is 35.2 Å². The van der Waals surface area contributed by atoms with Crippen LogP contribution in [0.4, 0.5) is 0 Å². The van der Waals surface area contributed by atoms with Gasteiger partial charge in [0.05, 0.1) is 4.88 Å². The van der Waals surface area contributed by atoms with E-state index in [9.17, 15) is 4.79 Å². The van der Waals surface area contributed by atoms with Crippen LogP contribution in [-0.2, 0) is 0 Å². The molecule has 0 spiro atoms. The standard InChI is InChI=1S/C19H23NOS/c21-19(18-13-15-9-4-5-11-17(15)22-18)20-12-6-10-16(20)14-7-2-1-3-8-14/h4-5,9,11,13-14,16H,1-3,6-8,10,12H2. The average Bonchev–Trinajstić information content (AvgIpc) is 3.21. The van der Waals surface area contributed by atoms with E-state index in [4.69, 9.17) is 0 Å². The van der Waals surface area contributed by atoms with E-state index in [0.29, 0.717) is 6.04 Å². The largest absolute Gasteiger partial charge is 0.335 e. The number of thiophene rings is 1. The summed E-state index contributed by atoms with van der Waals surface area (Å²) in [6, 6.07) is 10.9. The highest BCUT2D eigenvalue weighted by Gasteiger charge is 2.35. The highest BCUT2D eigenvalue weighted by atomic mass is 32.1. The molecule has 1 amide bonds. The van der Waals surface area contributed by atoms with Crippen LogP contribution in [0, 0.1) is 5.92 Å². The second kappa shape index (κ2) is 6.04. The SMILES string of the molecule is O=C(c1cc2ccccc2s1)N1CCCC1C1CCCCC1. The molecular weight excluding hydrogens is 290 g/mol. The molecule has 1 saturated heterocycles. The molecule has 1 atom stereocenters. The van der Waals surface area contributed by atoms with Gasteiger partial charge in [0.1, 0.15) is 0 Å². The monoisotopic (exact) mass is 313 g/mol. The summed E-state index contributed by atoms with van der Waals surface area (Å²) < 4.78 is 1.22. The summed E-state index contributed by atoms with van der Waals surface area (Å²) >= 11 is 1.65. The maximum atomic E-state index is 13.0. The fourth-order valence-electron chi connectivity index (χ4n) is 4.28. The summed E-state index contributed by atoms with van der Waals surface area (Å²) in [6.07, 6.45) is 9.12. The van der Waals surface area contributed by atoms with Crippen LogP contribution >= 0.6 is 11.3 Å². The highest BCUT2D eigenvalue weighted by Crippen LogP contribution is 2.36. The van der Waals surface area contributed by atoms with E-state index in [1.165, 1.54) is 55.0 Å². The van der Waals surface area contributed by atoms with Crippen molar-refractivity contribution in [3.8, 4) is 0 Å². The summed E-state index contributed by atoms with van der Waals surface area (Å²) in [5, 5.41) is 1.20. The number of rotatable bonds is 2. The van der Waals surface area contributed by atoms with Gasteiger partial charge in [0.25, 0.3) is 5.91 Å². The number of benzene rings is 1. The number of likely N-dealkylation sites (tertiary alicyclic amines) is 1. The molecule has 1 aliphatic heterocycles. The number of hydrogen-bond donors (Lipinski definition) is 0. The van der Waals surface area contributed by atoms with Crippen LogP contribution in [0.3, 0.4) is 0 Å². The molecule has 0 N–H and O–H groups in total. The van der Waals surface area contributed by atoms with E-state index in [1.807, 2.05) is 12.1 Å². The lowest BCUT2D eigenvalue weighted by molar-refractivity contribution is 0.0666. The third-order valence-electron chi connectivity index (χ3n) is 5.39. The Morgan fingerprint density at radius 3 is 2.68 bits per heavy atom. The minimum atomic E-state index is 0.272. The second-order valence-corrected chi connectivity index (χ2v) is 7.84. The van der Waals surface area contributed by atoms with Gasteiger partial charge in [0.2, 0.25) is 0 Å². The Hall–Kier alpha value is -1.35. The van der Waals surface area contributed by atoms with Gasteiger partial charge < -0.3 is 4.90 Å². The topological polar surface area (TPSA) is 20.3 Å². The molecule has 2 aliphatic rings. The van der Waals surface area contributed by atoms with Gasteiger partial charge in [-0.15, -0.1) is 11.3 Å². The van der Waals surface area contributed by atoms with Crippen molar-refractivity contribution in [2.75, 3.05) is 6.54 Å². The minimum Gasteiger partial charge on any atom is -0.335 e. The Morgan fingerprint density at radius 1 is 1.05 bits per heavy atom. The number of carbonyl (C=O) groups excluding carboxylic acids is 1. The lowest BCUT2D eigenvalue weighted by atomic mass is 9.83. The second-order valence-electron chi connectivity index (χ2n) is 6.75. The highest BCUT2D eigenvalue weighted by molar-refractivity contribution is 7.20. The third-order valence-corrected chi connectivity index (χ3v) is 6.49. The Kier molecular flexibility index (Phi) is 3.91. The molecule has 4 rings (SSSR count). The van der Waals surface area contributed by atoms with Crippen molar-refractivity contribution < 1.29 is 4.79 Å². The quantitative estimate of drug-likeness (QED) is 0.756. The van der Waals surface area contributed by atoms with Gasteiger partial charge in [-0.05, 0) is 49.1 Å². The van der Waals surface area contributed by atoms with Crippen LogP contribution in [0.15, 0.2) is 30.3 Å². The molecule has 0 radical (unpaired) electrons. The molecule has 1 aliphatic carbocycles. The van der Waals surface area contributed by atoms with Gasteiger partial charge in [0, 0.05) is 17.3 Å². The summed E-state index contributed by atoms with van der Waals surface area (Å²) in [7, 11) is 0. The lowest BCUT2D eigenvalue weighted by Crippen LogP contribution is -2.40. The van der Waals surface area contributed by atoms with Crippen LogP contribution < -0.4 is 0 Å². The zero-order valence-electron chi connectivity index (χ0n) is 13.0. The first-order valence-electron chi connectivity index (χ1n) is 8.62. The Balaban J connectivity index is 1.57. The van der Waals surface area contributed by atoms with E-state index >= 15 is 0 Å². The zero-order valence-corrected chi connectivity index (χ0v) is 13.8. The first-order chi connectivity index (χ1) is 10.8. The summed E-state index contributed by atoms with van der Waals surface area (Å²) in [6.45, 7) is 0.953. The molecule has 2 fully saturated rings. The summed E-state index contributed by atoms with van der Waals surface area (Å²) in [4.78, 5) is 16.1. The van der Waals surface area contributed by atoms with Crippen molar-refractivity contribution in [1.82, 2.24) is 4.90 Å². The fourth-order valence-corrected chi connectivity index (χ4v) is 5.30. The predicted molar refractivity (Wildman–Crippen MR) is 92.5 cm³/mol. The van der Waals surface area contributed by atoms with Crippen LogP contribution in [0.25, 0.3) is 10.1 Å². The molecular formula is C19H23NOS. The van der Waals surface area contributed by atoms with Gasteiger partial charge in [-0.1, -0.05) is 37.5 Å². The average molecular weight is 313 g/mol. The molecule has 1 unspecified atom stereocenters. The van der Waals surface area contributed by atoms with Crippen LogP contribution in [0.2, 0.25) is 0 Å². The smallest absolute Gasteiger partial charge is 0.264 e. The summed E-state index contributed by atoms with van der Waals surface area (Å²) in [5.74, 6) is 1.02. The van der Waals surface area contributed by atoms with E-state index in [1.54, 1.807) is 11.3 Å². The summed E-state index contributed by atoms with van der Waals surface area (Å²) in [5.41, 5.74) is 0. The molecule has 1 aromatic heterocycles. The molecule has 0 bridgehead atoms. The van der Waals surface area contributed by atoms with Gasteiger partial charge in [0.15, 0.2) is 0 Å². The van der Waals surface area contributed by atoms with Crippen LogP contribution in [0.5, 0.6) is 0 Å². The van der Waals surface area contributed by atoms with Crippen molar-refractivity contribution in [2.24, 2.45) is 5.92 Å². The first kappa shape index (κ1) is 14.3.